The number of esters is 1. The number of carbonyl (C=O) groups excluding carboxylic acids is 3. The molecule has 0 fully saturated rings. The van der Waals surface area contributed by atoms with Crippen LogP contribution in [0.4, 0.5) is 0 Å². The minimum Gasteiger partial charge on any atom is -0.463 e. The van der Waals surface area contributed by atoms with Gasteiger partial charge < -0.3 is 25.2 Å². The summed E-state index contributed by atoms with van der Waals surface area (Å²) in [6.45, 7) is 9.29. The van der Waals surface area contributed by atoms with Gasteiger partial charge >= 0.3 is 5.97 Å². The molecule has 0 aromatic heterocycles. The zero-order chi connectivity index (χ0) is 29.2. The SMILES string of the molecule is C=CC[C@H](CC(=O)N[C@@H](C)CO)C(=O)N[C@@H](COCc1ccccc1)COC(=O)[C@H](CC=C)Cc1ccccc1. The summed E-state index contributed by atoms with van der Waals surface area (Å²) < 4.78 is 11.5. The number of hydrogen-bond acceptors (Lipinski definition) is 6. The summed E-state index contributed by atoms with van der Waals surface area (Å²) >= 11 is 0. The normalized spacial score (nSPS) is 13.8. The fourth-order valence-electron chi connectivity index (χ4n) is 4.09. The van der Waals surface area contributed by atoms with Gasteiger partial charge in [0.15, 0.2) is 0 Å². The van der Waals surface area contributed by atoms with E-state index in [1.807, 2.05) is 60.7 Å². The molecule has 2 amide bonds. The molecule has 0 saturated heterocycles. The van der Waals surface area contributed by atoms with E-state index in [9.17, 15) is 19.5 Å². The number of ether oxygens (including phenoxy) is 2. The summed E-state index contributed by atoms with van der Waals surface area (Å²) in [6.07, 6.45) is 4.45. The third-order valence-corrected chi connectivity index (χ3v) is 6.25. The molecule has 3 N–H and O–H groups in total. The highest BCUT2D eigenvalue weighted by Crippen LogP contribution is 2.16. The molecule has 216 valence electrons. The fraction of sp³-hybridized carbons (Fsp3) is 0.406. The predicted octanol–water partition coefficient (Wildman–Crippen LogP) is 3.75. The lowest BCUT2D eigenvalue weighted by Crippen LogP contribution is -2.46. The third kappa shape index (κ3) is 12.4. The van der Waals surface area contributed by atoms with Gasteiger partial charge in [0, 0.05) is 12.5 Å². The van der Waals surface area contributed by atoms with E-state index in [0.29, 0.717) is 19.4 Å². The van der Waals surface area contributed by atoms with Crippen LogP contribution in [0.25, 0.3) is 0 Å². The van der Waals surface area contributed by atoms with E-state index in [4.69, 9.17) is 9.47 Å². The van der Waals surface area contributed by atoms with Crippen molar-refractivity contribution in [2.24, 2.45) is 11.8 Å². The molecule has 2 rings (SSSR count). The second-order valence-electron chi connectivity index (χ2n) is 9.82. The molecular formula is C32H42N2O6. The van der Waals surface area contributed by atoms with Crippen LogP contribution in [0.5, 0.6) is 0 Å². The molecule has 8 heteroatoms. The van der Waals surface area contributed by atoms with Crippen molar-refractivity contribution in [3.63, 3.8) is 0 Å². The van der Waals surface area contributed by atoms with Crippen LogP contribution in [0.15, 0.2) is 86.0 Å². The molecule has 0 bridgehead atoms. The number of aliphatic hydroxyl groups excluding tert-OH is 1. The van der Waals surface area contributed by atoms with Gasteiger partial charge in [-0.05, 0) is 37.3 Å². The first-order chi connectivity index (χ1) is 19.4. The molecule has 0 unspecified atom stereocenters. The monoisotopic (exact) mass is 550 g/mol. The van der Waals surface area contributed by atoms with Crippen LogP contribution in [0, 0.1) is 11.8 Å². The van der Waals surface area contributed by atoms with Gasteiger partial charge in [-0.1, -0.05) is 72.8 Å². The van der Waals surface area contributed by atoms with Gasteiger partial charge in [0.2, 0.25) is 11.8 Å². The van der Waals surface area contributed by atoms with Crippen LogP contribution in [-0.4, -0.2) is 54.8 Å². The zero-order valence-electron chi connectivity index (χ0n) is 23.3. The summed E-state index contributed by atoms with van der Waals surface area (Å²) in [7, 11) is 0. The number of carbonyl (C=O) groups is 3. The number of hydrogen-bond donors (Lipinski definition) is 3. The summed E-state index contributed by atoms with van der Waals surface area (Å²) in [5.41, 5.74) is 1.99. The highest BCUT2D eigenvalue weighted by Gasteiger charge is 2.26. The number of aliphatic hydroxyl groups is 1. The van der Waals surface area contributed by atoms with Crippen LogP contribution in [-0.2, 0) is 36.9 Å². The summed E-state index contributed by atoms with van der Waals surface area (Å²) in [5, 5.41) is 14.8. The Balaban J connectivity index is 2.06. The average molecular weight is 551 g/mol. The number of amides is 2. The van der Waals surface area contributed by atoms with Gasteiger partial charge in [-0.25, -0.2) is 0 Å². The van der Waals surface area contributed by atoms with Gasteiger partial charge in [0.05, 0.1) is 37.7 Å². The van der Waals surface area contributed by atoms with Crippen molar-refractivity contribution in [1.82, 2.24) is 10.6 Å². The Labute approximate surface area is 237 Å². The Morgan fingerprint density at radius 1 is 0.875 bits per heavy atom. The average Bonchev–Trinajstić information content (AvgIpc) is 2.96. The molecule has 0 saturated carbocycles. The van der Waals surface area contributed by atoms with Crippen molar-refractivity contribution in [1.29, 1.82) is 0 Å². The number of nitrogens with one attached hydrogen (secondary N) is 2. The zero-order valence-corrected chi connectivity index (χ0v) is 23.3. The van der Waals surface area contributed by atoms with E-state index in [2.05, 4.69) is 23.8 Å². The largest absolute Gasteiger partial charge is 0.463 e. The molecule has 0 aliphatic rings. The first-order valence-corrected chi connectivity index (χ1v) is 13.6. The van der Waals surface area contributed by atoms with Gasteiger partial charge in [0.1, 0.15) is 6.61 Å². The Hall–Kier alpha value is -3.75. The fourth-order valence-corrected chi connectivity index (χ4v) is 4.09. The van der Waals surface area contributed by atoms with Crippen LogP contribution >= 0.6 is 0 Å². The van der Waals surface area contributed by atoms with Crippen molar-refractivity contribution in [3.8, 4) is 0 Å². The van der Waals surface area contributed by atoms with Crippen LogP contribution in [0.1, 0.15) is 37.3 Å². The van der Waals surface area contributed by atoms with Crippen molar-refractivity contribution in [3.05, 3.63) is 97.1 Å². The Bertz CT molecular complexity index is 1060. The molecule has 8 nitrogen and oxygen atoms in total. The lowest BCUT2D eigenvalue weighted by molar-refractivity contribution is -0.150. The van der Waals surface area contributed by atoms with E-state index >= 15 is 0 Å². The summed E-state index contributed by atoms with van der Waals surface area (Å²) in [5.74, 6) is -2.19. The molecule has 0 radical (unpaired) electrons. The Kier molecular flexibility index (Phi) is 15.0. The lowest BCUT2D eigenvalue weighted by Gasteiger charge is -2.23. The predicted molar refractivity (Wildman–Crippen MR) is 155 cm³/mol. The van der Waals surface area contributed by atoms with Gasteiger partial charge in [-0.2, -0.15) is 0 Å². The quantitative estimate of drug-likeness (QED) is 0.181. The van der Waals surface area contributed by atoms with Gasteiger partial charge in [0.25, 0.3) is 0 Å². The smallest absolute Gasteiger partial charge is 0.309 e. The van der Waals surface area contributed by atoms with E-state index < -0.39 is 23.9 Å². The van der Waals surface area contributed by atoms with E-state index in [1.165, 1.54) is 0 Å². The van der Waals surface area contributed by atoms with Crippen molar-refractivity contribution < 1.29 is 29.0 Å². The first-order valence-electron chi connectivity index (χ1n) is 13.6. The number of allylic oxidation sites excluding steroid dienone is 2. The molecule has 0 heterocycles. The van der Waals surface area contributed by atoms with E-state index in [0.717, 1.165) is 11.1 Å². The van der Waals surface area contributed by atoms with E-state index in [-0.39, 0.29) is 50.4 Å². The van der Waals surface area contributed by atoms with E-state index in [1.54, 1.807) is 19.1 Å². The highest BCUT2D eigenvalue weighted by atomic mass is 16.5. The maximum atomic E-state index is 13.2. The van der Waals surface area contributed by atoms with Crippen molar-refractivity contribution >= 4 is 17.8 Å². The number of rotatable bonds is 19. The first kappa shape index (κ1) is 32.5. The Morgan fingerprint density at radius 2 is 1.48 bits per heavy atom. The number of benzene rings is 2. The van der Waals surface area contributed by atoms with Gasteiger partial charge in [-0.3, -0.25) is 14.4 Å². The molecule has 2 aromatic rings. The third-order valence-electron chi connectivity index (χ3n) is 6.25. The molecule has 2 aromatic carbocycles. The second-order valence-corrected chi connectivity index (χ2v) is 9.82. The molecule has 0 aliphatic heterocycles. The topological polar surface area (TPSA) is 114 Å². The summed E-state index contributed by atoms with van der Waals surface area (Å²) in [4.78, 5) is 38.6. The minimum absolute atomic E-state index is 0.0714. The lowest BCUT2D eigenvalue weighted by atomic mass is 9.96. The van der Waals surface area contributed by atoms with Crippen LogP contribution < -0.4 is 10.6 Å². The van der Waals surface area contributed by atoms with Crippen molar-refractivity contribution in [2.75, 3.05) is 19.8 Å². The maximum Gasteiger partial charge on any atom is 0.309 e. The van der Waals surface area contributed by atoms with Crippen molar-refractivity contribution in [2.45, 2.75) is 51.3 Å². The molecule has 40 heavy (non-hydrogen) atoms. The van der Waals surface area contributed by atoms with Gasteiger partial charge in [-0.15, -0.1) is 13.2 Å². The standard InChI is InChI=1S/C32H42N2O6/c1-4-12-27(19-30(36)33-24(3)20-35)31(37)34-29(22-39-21-26-16-10-7-11-17-26)23-40-32(38)28(13-5-2)18-25-14-8-6-9-15-25/h4-11,14-17,24,27-29,35H,1-2,12-13,18-23H2,3H3,(H,33,36)(H,34,37)/t24-,27+,28+,29-/m0/s1. The highest BCUT2D eigenvalue weighted by molar-refractivity contribution is 5.86. The maximum absolute atomic E-state index is 13.2. The minimum atomic E-state index is -0.678. The summed E-state index contributed by atoms with van der Waals surface area (Å²) in [6, 6.07) is 18.2. The molecule has 4 atom stereocenters. The molecule has 0 spiro atoms. The molecular weight excluding hydrogens is 508 g/mol. The molecule has 0 aliphatic carbocycles. The van der Waals surface area contributed by atoms with Crippen LogP contribution in [0.3, 0.4) is 0 Å². The van der Waals surface area contributed by atoms with Crippen LogP contribution in [0.2, 0.25) is 0 Å². The Morgan fingerprint density at radius 3 is 2.08 bits per heavy atom. The second kappa shape index (κ2) is 18.5.